The van der Waals surface area contributed by atoms with E-state index in [2.05, 4.69) is 10.1 Å². The van der Waals surface area contributed by atoms with Crippen LogP contribution in [-0.2, 0) is 6.54 Å². The Kier molecular flexibility index (Phi) is 5.29. The van der Waals surface area contributed by atoms with Gasteiger partial charge in [0.05, 0.1) is 17.8 Å². The van der Waals surface area contributed by atoms with Gasteiger partial charge < -0.3 is 20.1 Å². The first-order valence-electron chi connectivity index (χ1n) is 9.18. The van der Waals surface area contributed by atoms with Crippen molar-refractivity contribution >= 4 is 5.69 Å². The quantitative estimate of drug-likeness (QED) is 0.630. The number of hydrogen-bond donors (Lipinski definition) is 2. The Hall–Kier alpha value is -2.85. The van der Waals surface area contributed by atoms with Crippen LogP contribution in [0.1, 0.15) is 29.5 Å². The van der Waals surface area contributed by atoms with Crippen molar-refractivity contribution < 1.29 is 19.2 Å². The van der Waals surface area contributed by atoms with Crippen molar-refractivity contribution in [2.75, 3.05) is 11.8 Å². The van der Waals surface area contributed by atoms with E-state index in [1.165, 1.54) is 18.2 Å². The molecular weight excluding hydrogens is 379 g/mol. The highest BCUT2D eigenvalue weighted by Crippen LogP contribution is 2.34. The summed E-state index contributed by atoms with van der Waals surface area (Å²) in [7, 11) is 0. The molecule has 2 aromatic carbocycles. The maximum atomic E-state index is 13.8. The lowest BCUT2D eigenvalue weighted by atomic mass is 10.1. The van der Waals surface area contributed by atoms with E-state index in [0.717, 1.165) is 5.56 Å². The second kappa shape index (κ2) is 7.88. The molecular formula is C20H20FN4O4-. The highest BCUT2D eigenvalue weighted by atomic mass is 19.1. The van der Waals surface area contributed by atoms with Crippen molar-refractivity contribution in [1.29, 1.82) is 0 Å². The molecule has 1 fully saturated rings. The number of rotatable bonds is 5. The number of aryl methyl sites for hydroxylation is 1. The summed E-state index contributed by atoms with van der Waals surface area (Å²) in [6.45, 7) is 2.60. The Balaban J connectivity index is 1.53. The first-order valence-corrected chi connectivity index (χ1v) is 9.18. The van der Waals surface area contributed by atoms with Crippen LogP contribution in [0.3, 0.4) is 0 Å². The second-order valence-electron chi connectivity index (χ2n) is 7.19. The van der Waals surface area contributed by atoms with E-state index in [9.17, 15) is 14.7 Å². The first-order chi connectivity index (χ1) is 13.9. The van der Waals surface area contributed by atoms with E-state index in [0.29, 0.717) is 42.4 Å². The van der Waals surface area contributed by atoms with Gasteiger partial charge in [0, 0.05) is 18.7 Å². The number of likely N-dealkylation sites (tertiary alicyclic amines) is 1. The maximum absolute atomic E-state index is 13.8. The molecule has 3 aromatic rings. The van der Waals surface area contributed by atoms with Crippen LogP contribution >= 0.6 is 0 Å². The summed E-state index contributed by atoms with van der Waals surface area (Å²) in [5, 5.41) is 33.8. The van der Waals surface area contributed by atoms with Crippen LogP contribution in [-0.4, -0.2) is 38.0 Å². The molecule has 0 saturated carbocycles. The molecule has 0 aliphatic carbocycles. The van der Waals surface area contributed by atoms with Crippen LogP contribution in [0.2, 0.25) is 0 Å². The summed E-state index contributed by atoms with van der Waals surface area (Å²) in [6, 6.07) is 11.0. The molecule has 1 aliphatic rings. The van der Waals surface area contributed by atoms with Crippen LogP contribution in [0, 0.1) is 17.9 Å². The molecule has 4 rings (SSSR count). The molecule has 1 saturated heterocycles. The number of nitrogens with zero attached hydrogens (tertiary/aromatic N) is 4. The summed E-state index contributed by atoms with van der Waals surface area (Å²) in [6.07, 6.45) is -0.103. The average molecular weight is 399 g/mol. The monoisotopic (exact) mass is 399 g/mol. The zero-order chi connectivity index (χ0) is 20.5. The summed E-state index contributed by atoms with van der Waals surface area (Å²) >= 11 is 0. The molecule has 2 heterocycles. The van der Waals surface area contributed by atoms with Crippen molar-refractivity contribution in [1.82, 2.24) is 15.0 Å². The standard InChI is InChI=1S/C20H20FN4O4/c1-12-2-5-14(8-17(12)21)19-22-20(29-23-19)18-9-16(26)11-24(18)10-13-3-6-15(7-4-13)25(27)28/h2-8,16,18,26-27H,9-11H2,1H3/q-1/t16-,18+/m1/s1. The molecule has 0 amide bonds. The Labute approximate surface area is 166 Å². The number of aliphatic hydroxyl groups is 1. The topological polar surface area (TPSA) is 109 Å². The van der Waals surface area contributed by atoms with E-state index in [1.807, 2.05) is 4.90 Å². The molecule has 2 N–H and O–H groups in total. The summed E-state index contributed by atoms with van der Waals surface area (Å²) in [5.74, 6) is 0.313. The van der Waals surface area contributed by atoms with Gasteiger partial charge in [0.25, 0.3) is 0 Å². The van der Waals surface area contributed by atoms with Gasteiger partial charge in [0.2, 0.25) is 11.7 Å². The number of halogens is 1. The maximum Gasteiger partial charge on any atom is 0.244 e. The molecule has 1 aliphatic heterocycles. The number of benzene rings is 2. The second-order valence-corrected chi connectivity index (χ2v) is 7.19. The molecule has 0 bridgehead atoms. The Morgan fingerprint density at radius 1 is 1.28 bits per heavy atom. The fraction of sp³-hybridized carbons (Fsp3) is 0.300. The molecule has 8 nitrogen and oxygen atoms in total. The van der Waals surface area contributed by atoms with Crippen molar-refractivity contribution in [2.45, 2.75) is 32.0 Å². The molecule has 29 heavy (non-hydrogen) atoms. The molecule has 0 unspecified atom stereocenters. The Bertz CT molecular complexity index is 992. The van der Waals surface area contributed by atoms with E-state index in [1.54, 1.807) is 31.2 Å². The van der Waals surface area contributed by atoms with Gasteiger partial charge in [-0.05, 0) is 42.7 Å². The number of β-amino-alcohol motifs (C(OH)–C–C–N with tert-alkyl or cyclic N) is 1. The van der Waals surface area contributed by atoms with Gasteiger partial charge in [-0.3, -0.25) is 10.1 Å². The van der Waals surface area contributed by atoms with Crippen LogP contribution in [0.15, 0.2) is 47.0 Å². The van der Waals surface area contributed by atoms with Crippen LogP contribution in [0.4, 0.5) is 10.1 Å². The van der Waals surface area contributed by atoms with Crippen LogP contribution in [0.25, 0.3) is 11.4 Å². The number of aliphatic hydroxyl groups excluding tert-OH is 1. The zero-order valence-electron chi connectivity index (χ0n) is 15.7. The summed E-state index contributed by atoms with van der Waals surface area (Å²) in [5.41, 5.74) is 2.10. The Morgan fingerprint density at radius 2 is 2.03 bits per heavy atom. The fourth-order valence-electron chi connectivity index (χ4n) is 3.49. The lowest BCUT2D eigenvalue weighted by Gasteiger charge is -2.23. The van der Waals surface area contributed by atoms with Gasteiger partial charge in [-0.2, -0.15) is 4.98 Å². The highest BCUT2D eigenvalue weighted by Gasteiger charge is 2.36. The van der Waals surface area contributed by atoms with Gasteiger partial charge in [-0.1, -0.05) is 29.4 Å². The molecule has 2 atom stereocenters. The van der Waals surface area contributed by atoms with Crippen LogP contribution in [0.5, 0.6) is 0 Å². The third kappa shape index (κ3) is 4.13. The van der Waals surface area contributed by atoms with Crippen molar-refractivity contribution in [3.8, 4) is 11.4 Å². The Morgan fingerprint density at radius 3 is 2.72 bits per heavy atom. The van der Waals surface area contributed by atoms with E-state index < -0.39 is 6.10 Å². The predicted octanol–water partition coefficient (Wildman–Crippen LogP) is 3.19. The third-order valence-corrected chi connectivity index (χ3v) is 5.08. The van der Waals surface area contributed by atoms with Gasteiger partial charge >= 0.3 is 0 Å². The number of aromatic nitrogens is 2. The van der Waals surface area contributed by atoms with Crippen LogP contribution < -0.4 is 5.23 Å². The van der Waals surface area contributed by atoms with Crippen molar-refractivity contribution in [3.63, 3.8) is 0 Å². The summed E-state index contributed by atoms with van der Waals surface area (Å²) < 4.78 is 19.3. The van der Waals surface area contributed by atoms with E-state index in [4.69, 9.17) is 9.73 Å². The van der Waals surface area contributed by atoms with Gasteiger partial charge in [0.15, 0.2) is 0 Å². The molecule has 0 radical (unpaired) electrons. The molecule has 0 spiro atoms. The predicted molar refractivity (Wildman–Crippen MR) is 102 cm³/mol. The zero-order valence-corrected chi connectivity index (χ0v) is 15.7. The SMILES string of the molecule is Cc1ccc(-c2noc([C@@H]3C[C@@H](O)CN3Cc3ccc(N([O-])O)cc3)n2)cc1F. The minimum Gasteiger partial charge on any atom is -0.733 e. The lowest BCUT2D eigenvalue weighted by Crippen LogP contribution is -2.24. The average Bonchev–Trinajstić information content (AvgIpc) is 3.31. The largest absolute Gasteiger partial charge is 0.733 e. The smallest absolute Gasteiger partial charge is 0.244 e. The highest BCUT2D eigenvalue weighted by molar-refractivity contribution is 5.55. The first kappa shape index (κ1) is 19.5. The normalized spacial score (nSPS) is 19.6. The molecule has 1 aromatic heterocycles. The van der Waals surface area contributed by atoms with E-state index >= 15 is 0 Å². The number of hydrogen-bond acceptors (Lipinski definition) is 8. The molecule has 9 heteroatoms. The molecule has 152 valence electrons. The van der Waals surface area contributed by atoms with Crippen molar-refractivity contribution in [3.05, 3.63) is 70.5 Å². The fourth-order valence-corrected chi connectivity index (χ4v) is 3.49. The van der Waals surface area contributed by atoms with Gasteiger partial charge in [0.1, 0.15) is 5.82 Å². The van der Waals surface area contributed by atoms with Gasteiger partial charge in [-0.25, -0.2) is 4.39 Å². The lowest BCUT2D eigenvalue weighted by molar-refractivity contribution is 0.169. The van der Waals surface area contributed by atoms with E-state index in [-0.39, 0.29) is 22.8 Å². The van der Waals surface area contributed by atoms with Gasteiger partial charge in [-0.15, -0.1) is 0 Å². The third-order valence-electron chi connectivity index (χ3n) is 5.08. The number of anilines is 1. The minimum absolute atomic E-state index is 0.138. The van der Waals surface area contributed by atoms with Crippen molar-refractivity contribution in [2.24, 2.45) is 0 Å². The minimum atomic E-state index is -0.541. The summed E-state index contributed by atoms with van der Waals surface area (Å²) in [4.78, 5) is 6.42.